The summed E-state index contributed by atoms with van der Waals surface area (Å²) in [7, 11) is 0. The first kappa shape index (κ1) is 15.6. The fourth-order valence-corrected chi connectivity index (χ4v) is 2.82. The fourth-order valence-electron chi connectivity index (χ4n) is 2.53. The van der Waals surface area contributed by atoms with Crippen molar-refractivity contribution in [3.63, 3.8) is 0 Å². The lowest BCUT2D eigenvalue weighted by Crippen LogP contribution is -2.31. The van der Waals surface area contributed by atoms with Crippen molar-refractivity contribution < 1.29 is 14.7 Å². The van der Waals surface area contributed by atoms with Gasteiger partial charge < -0.3 is 5.11 Å². The Labute approximate surface area is 142 Å². The smallest absolute Gasteiger partial charge is 0.269 e. The van der Waals surface area contributed by atoms with Crippen LogP contribution in [0.4, 0.5) is 5.69 Å². The first-order valence-electron chi connectivity index (χ1n) is 6.74. The van der Waals surface area contributed by atoms with Crippen LogP contribution in [0.2, 0.25) is 10.0 Å². The highest BCUT2D eigenvalue weighted by Crippen LogP contribution is 2.41. The molecule has 0 radical (unpaired) electrons. The maximum Gasteiger partial charge on any atom is 0.269 e. The van der Waals surface area contributed by atoms with E-state index in [9.17, 15) is 14.7 Å². The first-order chi connectivity index (χ1) is 10.9. The molecule has 1 aliphatic rings. The van der Waals surface area contributed by atoms with Gasteiger partial charge in [0.15, 0.2) is 0 Å². The van der Waals surface area contributed by atoms with Crippen molar-refractivity contribution in [2.24, 2.45) is 0 Å². The molecule has 0 saturated carbocycles. The van der Waals surface area contributed by atoms with Crippen LogP contribution < -0.4 is 4.90 Å². The average molecular weight is 348 g/mol. The van der Waals surface area contributed by atoms with Gasteiger partial charge in [0.25, 0.3) is 5.91 Å². The second-order valence-electron chi connectivity index (χ2n) is 5.05. The number of carbonyl (C=O) groups is 2. The lowest BCUT2D eigenvalue weighted by Gasteiger charge is -2.12. The van der Waals surface area contributed by atoms with Crippen LogP contribution in [-0.4, -0.2) is 16.9 Å². The predicted molar refractivity (Wildman–Crippen MR) is 90.5 cm³/mol. The molecule has 116 valence electrons. The lowest BCUT2D eigenvalue weighted by molar-refractivity contribution is -0.122. The number of imide groups is 1. The molecular formula is C17H11Cl2NO3. The summed E-state index contributed by atoms with van der Waals surface area (Å²) in [6.45, 7) is 1.28. The van der Waals surface area contributed by atoms with Crippen molar-refractivity contribution in [2.45, 2.75) is 6.92 Å². The SMILES string of the molecule is CC(=O)N1C(=O)/C(=C(/O)c2ccc(Cl)cc2)c2ccc(Cl)cc21. The monoisotopic (exact) mass is 347 g/mol. The van der Waals surface area contributed by atoms with Crippen molar-refractivity contribution >= 4 is 52.0 Å². The minimum atomic E-state index is -0.581. The van der Waals surface area contributed by atoms with Crippen molar-refractivity contribution in [1.82, 2.24) is 0 Å². The summed E-state index contributed by atoms with van der Waals surface area (Å²) in [5.41, 5.74) is 1.32. The van der Waals surface area contributed by atoms with E-state index in [4.69, 9.17) is 23.2 Å². The van der Waals surface area contributed by atoms with E-state index in [0.29, 0.717) is 26.9 Å². The predicted octanol–water partition coefficient (Wildman–Crippen LogP) is 4.31. The maximum absolute atomic E-state index is 12.6. The number of aliphatic hydroxyl groups is 1. The number of rotatable bonds is 1. The van der Waals surface area contributed by atoms with Gasteiger partial charge in [-0.25, -0.2) is 4.90 Å². The third kappa shape index (κ3) is 2.60. The highest BCUT2D eigenvalue weighted by Gasteiger charge is 2.37. The van der Waals surface area contributed by atoms with Crippen molar-refractivity contribution in [3.8, 4) is 0 Å². The molecular weight excluding hydrogens is 337 g/mol. The number of aliphatic hydroxyl groups excluding tert-OH is 1. The van der Waals surface area contributed by atoms with Gasteiger partial charge in [-0.05, 0) is 36.4 Å². The quantitative estimate of drug-likeness (QED) is 0.617. The molecule has 1 heterocycles. The molecule has 0 fully saturated rings. The highest BCUT2D eigenvalue weighted by atomic mass is 35.5. The summed E-state index contributed by atoms with van der Waals surface area (Å²) >= 11 is 11.8. The zero-order chi connectivity index (χ0) is 16.7. The van der Waals surface area contributed by atoms with Crippen LogP contribution >= 0.6 is 23.2 Å². The highest BCUT2D eigenvalue weighted by molar-refractivity contribution is 6.43. The van der Waals surface area contributed by atoms with Crippen LogP contribution in [-0.2, 0) is 9.59 Å². The second kappa shape index (κ2) is 5.72. The molecule has 0 bridgehead atoms. The van der Waals surface area contributed by atoms with Gasteiger partial charge in [-0.3, -0.25) is 9.59 Å². The summed E-state index contributed by atoms with van der Waals surface area (Å²) in [5, 5.41) is 11.5. The Morgan fingerprint density at radius 2 is 1.65 bits per heavy atom. The minimum Gasteiger partial charge on any atom is -0.506 e. The van der Waals surface area contributed by atoms with Gasteiger partial charge in [0.2, 0.25) is 5.91 Å². The van der Waals surface area contributed by atoms with E-state index in [1.807, 2.05) is 0 Å². The molecule has 2 aromatic carbocycles. The number of anilines is 1. The van der Waals surface area contributed by atoms with E-state index in [1.165, 1.54) is 13.0 Å². The largest absolute Gasteiger partial charge is 0.506 e. The molecule has 0 aromatic heterocycles. The van der Waals surface area contributed by atoms with Crippen LogP contribution in [0.15, 0.2) is 42.5 Å². The van der Waals surface area contributed by atoms with E-state index in [1.54, 1.807) is 36.4 Å². The van der Waals surface area contributed by atoms with Crippen molar-refractivity contribution in [1.29, 1.82) is 0 Å². The van der Waals surface area contributed by atoms with Crippen LogP contribution in [0.5, 0.6) is 0 Å². The van der Waals surface area contributed by atoms with Crippen LogP contribution in [0.1, 0.15) is 18.1 Å². The second-order valence-corrected chi connectivity index (χ2v) is 5.92. The molecule has 2 amide bonds. The molecule has 0 saturated heterocycles. The Balaban J connectivity index is 2.24. The topological polar surface area (TPSA) is 57.6 Å². The van der Waals surface area contributed by atoms with Crippen LogP contribution in [0.25, 0.3) is 11.3 Å². The molecule has 3 rings (SSSR count). The van der Waals surface area contributed by atoms with E-state index in [-0.39, 0.29) is 11.3 Å². The van der Waals surface area contributed by atoms with Gasteiger partial charge in [0.1, 0.15) is 5.76 Å². The summed E-state index contributed by atoms with van der Waals surface area (Å²) in [6.07, 6.45) is 0. The summed E-state index contributed by atoms with van der Waals surface area (Å²) in [6, 6.07) is 11.2. The third-order valence-electron chi connectivity index (χ3n) is 3.56. The first-order valence-corrected chi connectivity index (χ1v) is 7.50. The van der Waals surface area contributed by atoms with Crippen LogP contribution in [0, 0.1) is 0 Å². The van der Waals surface area contributed by atoms with Gasteiger partial charge in [-0.2, -0.15) is 0 Å². The Morgan fingerprint density at radius 3 is 2.26 bits per heavy atom. The summed E-state index contributed by atoms with van der Waals surface area (Å²) < 4.78 is 0. The third-order valence-corrected chi connectivity index (χ3v) is 4.04. The number of benzene rings is 2. The number of fused-ring (bicyclic) bond motifs is 1. The zero-order valence-electron chi connectivity index (χ0n) is 12.0. The number of carbonyl (C=O) groups excluding carboxylic acids is 2. The van der Waals surface area contributed by atoms with E-state index >= 15 is 0 Å². The molecule has 0 atom stereocenters. The van der Waals surface area contributed by atoms with Crippen molar-refractivity contribution in [3.05, 3.63) is 63.6 Å². The van der Waals surface area contributed by atoms with Crippen molar-refractivity contribution in [2.75, 3.05) is 4.90 Å². The molecule has 1 N–H and O–H groups in total. The van der Waals surface area contributed by atoms with E-state index in [0.717, 1.165) is 4.90 Å². The number of halogens is 2. The summed E-state index contributed by atoms with van der Waals surface area (Å²) in [4.78, 5) is 25.4. The van der Waals surface area contributed by atoms with E-state index < -0.39 is 11.8 Å². The van der Waals surface area contributed by atoms with Gasteiger partial charge in [0.05, 0.1) is 11.3 Å². The number of hydrogen-bond acceptors (Lipinski definition) is 3. The zero-order valence-corrected chi connectivity index (χ0v) is 13.5. The molecule has 4 nitrogen and oxygen atoms in total. The number of hydrogen-bond donors (Lipinski definition) is 1. The number of amides is 2. The molecule has 6 heteroatoms. The number of nitrogens with zero attached hydrogens (tertiary/aromatic N) is 1. The van der Waals surface area contributed by atoms with Gasteiger partial charge in [0, 0.05) is 28.1 Å². The minimum absolute atomic E-state index is 0.0641. The van der Waals surface area contributed by atoms with Crippen LogP contribution in [0.3, 0.4) is 0 Å². The lowest BCUT2D eigenvalue weighted by atomic mass is 10.0. The average Bonchev–Trinajstić information content (AvgIpc) is 2.78. The van der Waals surface area contributed by atoms with Gasteiger partial charge in [-0.1, -0.05) is 29.3 Å². The Morgan fingerprint density at radius 1 is 1.04 bits per heavy atom. The molecule has 23 heavy (non-hydrogen) atoms. The molecule has 2 aromatic rings. The molecule has 1 aliphatic heterocycles. The fraction of sp³-hybridized carbons (Fsp3) is 0.0588. The standard InChI is InChI=1S/C17H11Cl2NO3/c1-9(21)20-14-8-12(19)6-7-13(14)15(17(20)23)16(22)10-2-4-11(18)5-3-10/h2-8,22H,1H3/b16-15+. The molecule has 0 spiro atoms. The molecule has 0 unspecified atom stereocenters. The summed E-state index contributed by atoms with van der Waals surface area (Å²) in [5.74, 6) is -1.24. The maximum atomic E-state index is 12.6. The Hall–Kier alpha value is -2.30. The van der Waals surface area contributed by atoms with Gasteiger partial charge >= 0.3 is 0 Å². The normalized spacial score (nSPS) is 15.6. The molecule has 0 aliphatic carbocycles. The van der Waals surface area contributed by atoms with Gasteiger partial charge in [-0.15, -0.1) is 0 Å². The Kier molecular flexibility index (Phi) is 3.88. The van der Waals surface area contributed by atoms with E-state index in [2.05, 4.69) is 0 Å². The Bertz CT molecular complexity index is 857.